The molecule has 1 aliphatic rings. The highest BCUT2D eigenvalue weighted by Gasteiger charge is 2.33. The molecule has 0 saturated carbocycles. The van der Waals surface area contributed by atoms with E-state index in [0.717, 1.165) is 31.4 Å². The molecule has 1 aromatic carbocycles. The van der Waals surface area contributed by atoms with Gasteiger partial charge in [0.2, 0.25) is 0 Å². The molecule has 3 heterocycles. The van der Waals surface area contributed by atoms with Gasteiger partial charge < -0.3 is 20.3 Å². The van der Waals surface area contributed by atoms with E-state index >= 15 is 0 Å². The van der Waals surface area contributed by atoms with Crippen LogP contribution in [0.2, 0.25) is 0 Å². The fraction of sp³-hybridized carbons (Fsp3) is 0.708. The average Bonchev–Trinajstić information content (AvgIpc) is 3.89. The van der Waals surface area contributed by atoms with E-state index in [2.05, 4.69) is 39.7 Å². The number of para-hydroxylation sites is 1. The first-order chi connectivity index (χ1) is 29.4. The van der Waals surface area contributed by atoms with Crippen molar-refractivity contribution in [2.24, 2.45) is 0 Å². The number of benzene rings is 1. The summed E-state index contributed by atoms with van der Waals surface area (Å²) in [4.78, 5) is 35.1. The number of urea groups is 1. The molecule has 0 bridgehead atoms. The topological polar surface area (TPSA) is 130 Å². The highest BCUT2D eigenvalue weighted by molar-refractivity contribution is 6.00. The van der Waals surface area contributed by atoms with Crippen molar-refractivity contribution >= 4 is 29.1 Å². The zero-order chi connectivity index (χ0) is 42.8. The molecular weight excluding hydrogens is 751 g/mol. The lowest BCUT2D eigenvalue weighted by Gasteiger charge is -2.22. The van der Waals surface area contributed by atoms with Crippen LogP contribution in [0.1, 0.15) is 192 Å². The first-order valence-corrected chi connectivity index (χ1v) is 24.0. The zero-order valence-electron chi connectivity index (χ0n) is 38.1. The molecule has 1 saturated heterocycles. The third-order valence-corrected chi connectivity index (χ3v) is 11.8. The molecule has 1 aliphatic heterocycles. The Labute approximate surface area is 362 Å². The molecule has 0 radical (unpaired) electrons. The molecule has 12 heteroatoms. The van der Waals surface area contributed by atoms with Gasteiger partial charge in [-0.3, -0.25) is 14.4 Å². The van der Waals surface area contributed by atoms with Gasteiger partial charge >= 0.3 is 6.03 Å². The molecule has 1 fully saturated rings. The molecule has 3 amide bonds. The van der Waals surface area contributed by atoms with Crippen LogP contribution in [0.3, 0.4) is 0 Å². The fourth-order valence-corrected chi connectivity index (χ4v) is 8.09. The largest absolute Gasteiger partial charge is 0.494 e. The molecule has 334 valence electrons. The first kappa shape index (κ1) is 48.4. The quantitative estimate of drug-likeness (QED) is 0.0580. The number of aromatic nitrogens is 5. The number of carbonyl (C=O) groups excluding carboxylic acids is 2. The van der Waals surface area contributed by atoms with E-state index in [0.29, 0.717) is 48.4 Å². The summed E-state index contributed by atoms with van der Waals surface area (Å²) in [6.07, 6.45) is 32.6. The van der Waals surface area contributed by atoms with Crippen LogP contribution in [0.15, 0.2) is 30.6 Å². The van der Waals surface area contributed by atoms with E-state index in [-0.39, 0.29) is 23.7 Å². The SMILES string of the molecule is CCCCCCCCCCCCCCNC(=O)c1nnc(N2CCN(C(C)C)C2=O)cc1Nc1cccc(-c2ncn(CCCCCCCCCCCCCC)n2)c1OC. The number of amides is 3. The molecule has 2 N–H and O–H groups in total. The van der Waals surface area contributed by atoms with Crippen LogP contribution in [0, 0.1) is 0 Å². The molecule has 0 unspecified atom stereocenters. The monoisotopic (exact) mass is 830 g/mol. The Kier molecular flexibility index (Phi) is 22.9. The number of hydrogen-bond acceptors (Lipinski definition) is 8. The van der Waals surface area contributed by atoms with Crippen molar-refractivity contribution in [2.45, 2.75) is 194 Å². The number of anilines is 3. The van der Waals surface area contributed by atoms with Gasteiger partial charge in [-0.2, -0.15) is 5.10 Å². The predicted octanol–water partition coefficient (Wildman–Crippen LogP) is 12.3. The van der Waals surface area contributed by atoms with Gasteiger partial charge in [0.05, 0.1) is 24.0 Å². The van der Waals surface area contributed by atoms with Gasteiger partial charge in [-0.05, 0) is 38.8 Å². The normalized spacial score (nSPS) is 12.9. The molecule has 3 aromatic rings. The molecule has 12 nitrogen and oxygen atoms in total. The Bertz CT molecular complexity index is 1660. The van der Waals surface area contributed by atoms with Gasteiger partial charge in [0.25, 0.3) is 5.91 Å². The Morgan fingerprint density at radius 1 is 0.733 bits per heavy atom. The van der Waals surface area contributed by atoms with Gasteiger partial charge in [-0.15, -0.1) is 10.2 Å². The van der Waals surface area contributed by atoms with Crippen molar-refractivity contribution in [3.8, 4) is 17.1 Å². The Morgan fingerprint density at radius 3 is 1.85 bits per heavy atom. The lowest BCUT2D eigenvalue weighted by molar-refractivity contribution is 0.0948. The standard InChI is InChI=1S/C48H79N9O3/c1-6-8-10-12-14-16-18-20-22-24-26-28-33-49-47(58)44-42(37-43(52-53-44)57-36-35-56(39(3)4)48(57)59)51-41-32-30-31-40(45(41)60-5)46-50-38-55(54-46)34-29-27-25-23-21-19-17-15-13-11-9-7-2/h30-32,37-39H,6-29,33-36H2,1-5H3,(H,49,58)(H,51,52). The lowest BCUT2D eigenvalue weighted by atomic mass is 10.1. The Balaban J connectivity index is 1.34. The minimum atomic E-state index is -0.315. The Hall–Kier alpha value is -4.22. The smallest absolute Gasteiger partial charge is 0.326 e. The number of rotatable bonds is 33. The van der Waals surface area contributed by atoms with Crippen LogP contribution in [0.5, 0.6) is 5.75 Å². The molecule has 60 heavy (non-hydrogen) atoms. The molecular formula is C48H79N9O3. The number of ether oxygens (including phenoxy) is 1. The molecule has 0 atom stereocenters. The van der Waals surface area contributed by atoms with Crippen LogP contribution in [0.4, 0.5) is 22.0 Å². The van der Waals surface area contributed by atoms with Crippen LogP contribution in [0.25, 0.3) is 11.4 Å². The first-order valence-electron chi connectivity index (χ1n) is 24.0. The minimum Gasteiger partial charge on any atom is -0.494 e. The number of methoxy groups -OCH3 is 1. The van der Waals surface area contributed by atoms with E-state index in [9.17, 15) is 9.59 Å². The zero-order valence-corrected chi connectivity index (χ0v) is 38.1. The number of nitrogens with zero attached hydrogens (tertiary/aromatic N) is 7. The van der Waals surface area contributed by atoms with Crippen LogP contribution in [-0.4, -0.2) is 74.6 Å². The molecule has 0 aliphatic carbocycles. The van der Waals surface area contributed by atoms with Crippen molar-refractivity contribution in [3.05, 3.63) is 36.3 Å². The molecule has 0 spiro atoms. The minimum absolute atomic E-state index is 0.0621. The number of aryl methyl sites for hydroxylation is 1. The number of carbonyl (C=O) groups is 2. The number of nitrogens with one attached hydrogen (secondary N) is 2. The highest BCUT2D eigenvalue weighted by atomic mass is 16.5. The highest BCUT2D eigenvalue weighted by Crippen LogP contribution is 2.37. The van der Waals surface area contributed by atoms with Crippen molar-refractivity contribution in [2.75, 3.05) is 37.0 Å². The maximum absolute atomic E-state index is 13.7. The average molecular weight is 830 g/mol. The summed E-state index contributed by atoms with van der Waals surface area (Å²) < 4.78 is 7.88. The fourth-order valence-electron chi connectivity index (χ4n) is 8.09. The maximum Gasteiger partial charge on any atom is 0.326 e. The van der Waals surface area contributed by atoms with E-state index in [1.54, 1.807) is 29.3 Å². The van der Waals surface area contributed by atoms with Crippen LogP contribution in [-0.2, 0) is 6.54 Å². The summed E-state index contributed by atoms with van der Waals surface area (Å²) >= 11 is 0. The van der Waals surface area contributed by atoms with E-state index in [4.69, 9.17) is 9.84 Å². The summed E-state index contributed by atoms with van der Waals surface area (Å²) in [6, 6.07) is 7.42. The summed E-state index contributed by atoms with van der Waals surface area (Å²) in [5, 5.41) is 20.1. The second kappa shape index (κ2) is 28.3. The summed E-state index contributed by atoms with van der Waals surface area (Å²) in [7, 11) is 1.62. The predicted molar refractivity (Wildman–Crippen MR) is 246 cm³/mol. The Morgan fingerprint density at radius 2 is 1.30 bits per heavy atom. The van der Waals surface area contributed by atoms with Crippen molar-refractivity contribution in [3.63, 3.8) is 0 Å². The van der Waals surface area contributed by atoms with Crippen molar-refractivity contribution in [1.29, 1.82) is 0 Å². The van der Waals surface area contributed by atoms with E-state index in [1.807, 2.05) is 36.7 Å². The second-order valence-corrected chi connectivity index (χ2v) is 17.1. The number of unbranched alkanes of at least 4 members (excludes halogenated alkanes) is 22. The maximum atomic E-state index is 13.7. The lowest BCUT2D eigenvalue weighted by Crippen LogP contribution is -2.36. The third kappa shape index (κ3) is 16.3. The van der Waals surface area contributed by atoms with Gasteiger partial charge in [-0.25, -0.2) is 9.78 Å². The third-order valence-electron chi connectivity index (χ3n) is 11.8. The van der Waals surface area contributed by atoms with E-state index in [1.165, 1.54) is 135 Å². The van der Waals surface area contributed by atoms with Crippen LogP contribution >= 0.6 is 0 Å². The summed E-state index contributed by atoms with van der Waals surface area (Å²) in [6.45, 7) is 11.0. The van der Waals surface area contributed by atoms with Crippen molar-refractivity contribution < 1.29 is 14.3 Å². The second-order valence-electron chi connectivity index (χ2n) is 17.1. The van der Waals surface area contributed by atoms with Crippen LogP contribution < -0.4 is 20.3 Å². The number of hydrogen-bond donors (Lipinski definition) is 2. The van der Waals surface area contributed by atoms with Gasteiger partial charge in [-0.1, -0.05) is 161 Å². The van der Waals surface area contributed by atoms with Crippen molar-refractivity contribution in [1.82, 2.24) is 35.2 Å². The van der Waals surface area contributed by atoms with Gasteiger partial charge in [0.15, 0.2) is 23.1 Å². The molecule has 4 rings (SSSR count). The van der Waals surface area contributed by atoms with E-state index < -0.39 is 0 Å². The summed E-state index contributed by atoms with van der Waals surface area (Å²) in [5.74, 6) is 1.19. The van der Waals surface area contributed by atoms with Gasteiger partial charge in [0.1, 0.15) is 6.33 Å². The van der Waals surface area contributed by atoms with Gasteiger partial charge in [0, 0.05) is 38.3 Å². The summed E-state index contributed by atoms with van der Waals surface area (Å²) in [5.41, 5.74) is 1.95. The molecule has 2 aromatic heterocycles.